The number of nitrogens with two attached hydrogens (primary N) is 1. The quantitative estimate of drug-likeness (QED) is 0.933. The van der Waals surface area contributed by atoms with Crippen LogP contribution >= 0.6 is 11.3 Å². The van der Waals surface area contributed by atoms with Crippen molar-refractivity contribution in [2.45, 2.75) is 13.5 Å². The molecule has 3 rings (SSSR count). The maximum atomic E-state index is 5.73. The summed E-state index contributed by atoms with van der Waals surface area (Å²) in [4.78, 5) is 13.2. The van der Waals surface area contributed by atoms with Crippen molar-refractivity contribution < 1.29 is 0 Å². The first-order valence-corrected chi connectivity index (χ1v) is 7.74. The van der Waals surface area contributed by atoms with Crippen molar-refractivity contribution in [1.82, 2.24) is 14.9 Å². The highest BCUT2D eigenvalue weighted by Gasteiger charge is 2.18. The molecule has 3 heterocycles. The van der Waals surface area contributed by atoms with Gasteiger partial charge in [-0.1, -0.05) is 0 Å². The molecule has 0 bridgehead atoms. The fourth-order valence-electron chi connectivity index (χ4n) is 2.51. The largest absolute Gasteiger partial charge is 0.368 e. The maximum Gasteiger partial charge on any atom is 0.222 e. The summed E-state index contributed by atoms with van der Waals surface area (Å²) in [6, 6.07) is 4.20. The van der Waals surface area contributed by atoms with E-state index in [0.29, 0.717) is 5.95 Å². The van der Waals surface area contributed by atoms with E-state index in [2.05, 4.69) is 36.6 Å². The van der Waals surface area contributed by atoms with Crippen molar-refractivity contribution in [3.8, 4) is 0 Å². The van der Waals surface area contributed by atoms with Gasteiger partial charge in [0, 0.05) is 44.5 Å². The molecule has 20 heavy (non-hydrogen) atoms. The molecule has 0 aromatic carbocycles. The van der Waals surface area contributed by atoms with Crippen LogP contribution in [-0.2, 0) is 6.54 Å². The van der Waals surface area contributed by atoms with Gasteiger partial charge in [-0.25, -0.2) is 4.98 Å². The van der Waals surface area contributed by atoms with Gasteiger partial charge in [0.05, 0.1) is 0 Å². The Balaban J connectivity index is 1.60. The number of hydrogen-bond donors (Lipinski definition) is 1. The molecule has 2 aromatic rings. The third kappa shape index (κ3) is 3.08. The van der Waals surface area contributed by atoms with Gasteiger partial charge in [-0.05, 0) is 29.3 Å². The molecule has 0 radical (unpaired) electrons. The summed E-state index contributed by atoms with van der Waals surface area (Å²) in [5.74, 6) is 1.31. The summed E-state index contributed by atoms with van der Waals surface area (Å²) in [5.41, 5.74) is 8.06. The van der Waals surface area contributed by atoms with Crippen LogP contribution in [-0.4, -0.2) is 41.0 Å². The fraction of sp³-hybridized carbons (Fsp3) is 0.429. The normalized spacial score (nSPS) is 16.6. The third-order valence-electron chi connectivity index (χ3n) is 3.54. The Bertz CT molecular complexity index is 541. The zero-order valence-electron chi connectivity index (χ0n) is 11.6. The molecular formula is C14H19N5S. The molecule has 6 heteroatoms. The highest BCUT2D eigenvalue weighted by Crippen LogP contribution is 2.17. The maximum absolute atomic E-state index is 5.73. The second-order valence-electron chi connectivity index (χ2n) is 5.12. The predicted octanol–water partition coefficient (Wildman–Crippen LogP) is 1.75. The molecule has 0 aliphatic carbocycles. The lowest BCUT2D eigenvalue weighted by Gasteiger charge is -2.35. The summed E-state index contributed by atoms with van der Waals surface area (Å²) in [6.45, 7) is 7.08. The predicted molar refractivity (Wildman–Crippen MR) is 83.0 cm³/mol. The molecule has 1 aliphatic rings. The van der Waals surface area contributed by atoms with Crippen LogP contribution in [0.5, 0.6) is 0 Å². The van der Waals surface area contributed by atoms with Crippen LogP contribution in [0.2, 0.25) is 0 Å². The molecule has 0 unspecified atom stereocenters. The Kier molecular flexibility index (Phi) is 3.84. The Morgan fingerprint density at radius 2 is 2.05 bits per heavy atom. The minimum atomic E-state index is 0.362. The number of piperazine rings is 1. The first-order valence-electron chi connectivity index (χ1n) is 6.80. The molecule has 1 saturated heterocycles. The number of thiophene rings is 1. The number of aromatic nitrogens is 2. The average molecular weight is 289 g/mol. The van der Waals surface area contributed by atoms with E-state index in [0.717, 1.165) is 44.2 Å². The van der Waals surface area contributed by atoms with E-state index in [-0.39, 0.29) is 0 Å². The highest BCUT2D eigenvalue weighted by molar-refractivity contribution is 7.07. The van der Waals surface area contributed by atoms with Gasteiger partial charge in [-0.3, -0.25) is 4.90 Å². The standard InChI is InChI=1S/C14H19N5S/c1-11-8-13(17-14(15)16-11)19-5-3-18(4-6-19)9-12-2-7-20-10-12/h2,7-8,10H,3-6,9H2,1H3,(H2,15,16,17). The van der Waals surface area contributed by atoms with Crippen molar-refractivity contribution >= 4 is 23.1 Å². The molecule has 2 N–H and O–H groups in total. The molecule has 0 atom stereocenters. The van der Waals surface area contributed by atoms with Gasteiger partial charge in [-0.2, -0.15) is 16.3 Å². The van der Waals surface area contributed by atoms with Gasteiger partial charge in [0.2, 0.25) is 5.95 Å². The summed E-state index contributed by atoms with van der Waals surface area (Å²) in [5, 5.41) is 4.36. The number of hydrogen-bond acceptors (Lipinski definition) is 6. The van der Waals surface area contributed by atoms with Gasteiger partial charge in [-0.15, -0.1) is 0 Å². The topological polar surface area (TPSA) is 58.3 Å². The molecule has 5 nitrogen and oxygen atoms in total. The van der Waals surface area contributed by atoms with Gasteiger partial charge < -0.3 is 10.6 Å². The zero-order chi connectivity index (χ0) is 13.9. The Hall–Kier alpha value is -1.66. The molecule has 2 aromatic heterocycles. The van der Waals surface area contributed by atoms with Crippen LogP contribution in [0.4, 0.5) is 11.8 Å². The monoisotopic (exact) mass is 289 g/mol. The van der Waals surface area contributed by atoms with Crippen molar-refractivity contribution in [3.05, 3.63) is 34.2 Å². The van der Waals surface area contributed by atoms with Crippen molar-refractivity contribution in [2.24, 2.45) is 0 Å². The first-order chi connectivity index (χ1) is 9.70. The first kappa shape index (κ1) is 13.3. The van der Waals surface area contributed by atoms with E-state index in [9.17, 15) is 0 Å². The van der Waals surface area contributed by atoms with Crippen molar-refractivity contribution in [2.75, 3.05) is 36.8 Å². The van der Waals surface area contributed by atoms with Crippen LogP contribution in [0.1, 0.15) is 11.3 Å². The number of rotatable bonds is 3. The fourth-order valence-corrected chi connectivity index (χ4v) is 3.17. The lowest BCUT2D eigenvalue weighted by atomic mass is 10.2. The molecule has 0 amide bonds. The second kappa shape index (κ2) is 5.76. The summed E-state index contributed by atoms with van der Waals surface area (Å²) in [7, 11) is 0. The molecule has 0 saturated carbocycles. The Morgan fingerprint density at radius 3 is 2.70 bits per heavy atom. The molecule has 106 valence electrons. The number of nitrogens with zero attached hydrogens (tertiary/aromatic N) is 4. The van der Waals surface area contributed by atoms with Crippen molar-refractivity contribution in [1.29, 1.82) is 0 Å². The summed E-state index contributed by atoms with van der Waals surface area (Å²) < 4.78 is 0. The van der Waals surface area contributed by atoms with E-state index >= 15 is 0 Å². The molecule has 1 fully saturated rings. The molecule has 1 aliphatic heterocycles. The smallest absolute Gasteiger partial charge is 0.222 e. The van der Waals surface area contributed by atoms with E-state index < -0.39 is 0 Å². The Morgan fingerprint density at radius 1 is 1.25 bits per heavy atom. The van der Waals surface area contributed by atoms with Crippen LogP contribution in [0.3, 0.4) is 0 Å². The van der Waals surface area contributed by atoms with Crippen molar-refractivity contribution in [3.63, 3.8) is 0 Å². The molecular weight excluding hydrogens is 270 g/mol. The van der Waals surface area contributed by atoms with Crippen LogP contribution in [0.15, 0.2) is 22.9 Å². The van der Waals surface area contributed by atoms with Gasteiger partial charge in [0.1, 0.15) is 5.82 Å². The van der Waals surface area contributed by atoms with Crippen LogP contribution in [0, 0.1) is 6.92 Å². The lowest BCUT2D eigenvalue weighted by Crippen LogP contribution is -2.46. The number of anilines is 2. The zero-order valence-corrected chi connectivity index (χ0v) is 12.4. The van der Waals surface area contributed by atoms with Crippen LogP contribution < -0.4 is 10.6 Å². The van der Waals surface area contributed by atoms with Gasteiger partial charge in [0.15, 0.2) is 0 Å². The SMILES string of the molecule is Cc1cc(N2CCN(Cc3ccsc3)CC2)nc(N)n1. The van der Waals surface area contributed by atoms with E-state index in [1.54, 1.807) is 11.3 Å². The Labute approximate surface area is 123 Å². The third-order valence-corrected chi connectivity index (χ3v) is 4.27. The number of aryl methyl sites for hydroxylation is 1. The number of nitrogen functional groups attached to an aromatic ring is 1. The van der Waals surface area contributed by atoms with Gasteiger partial charge in [0.25, 0.3) is 0 Å². The lowest BCUT2D eigenvalue weighted by molar-refractivity contribution is 0.249. The summed E-state index contributed by atoms with van der Waals surface area (Å²) >= 11 is 1.76. The van der Waals surface area contributed by atoms with E-state index in [1.807, 2.05) is 13.0 Å². The minimum Gasteiger partial charge on any atom is -0.368 e. The van der Waals surface area contributed by atoms with Crippen LogP contribution in [0.25, 0.3) is 0 Å². The highest BCUT2D eigenvalue weighted by atomic mass is 32.1. The van der Waals surface area contributed by atoms with Gasteiger partial charge >= 0.3 is 0 Å². The average Bonchev–Trinajstić information content (AvgIpc) is 2.91. The van der Waals surface area contributed by atoms with E-state index in [1.165, 1.54) is 5.56 Å². The molecule has 0 spiro atoms. The minimum absolute atomic E-state index is 0.362. The summed E-state index contributed by atoms with van der Waals surface area (Å²) in [6.07, 6.45) is 0. The van der Waals surface area contributed by atoms with E-state index in [4.69, 9.17) is 5.73 Å². The second-order valence-corrected chi connectivity index (χ2v) is 5.90.